The number of ether oxygens (including phenoxy) is 8. The van der Waals surface area contributed by atoms with Gasteiger partial charge in [0.2, 0.25) is 0 Å². The van der Waals surface area contributed by atoms with Gasteiger partial charge < -0.3 is 37.9 Å². The summed E-state index contributed by atoms with van der Waals surface area (Å²) in [6, 6.07) is 33.8. The molecule has 3 aliphatic heterocycles. The Labute approximate surface area is 276 Å². The van der Waals surface area contributed by atoms with Gasteiger partial charge in [0.15, 0.2) is 0 Å². The Morgan fingerprint density at radius 3 is 1.04 bits per heavy atom. The highest BCUT2D eigenvalue weighted by Gasteiger charge is 2.30. The second-order valence-electron chi connectivity index (χ2n) is 12.1. The van der Waals surface area contributed by atoms with Crippen molar-refractivity contribution in [1.29, 1.82) is 0 Å². The van der Waals surface area contributed by atoms with Crippen LogP contribution in [0.1, 0.15) is 41.0 Å². The molecule has 47 heavy (non-hydrogen) atoms. The SMILES string of the molecule is CCOCCOc1ccc(C(c2ccc(OCC3CO3)cc2)C(c2ccc(OCC3CO3)cc2)c2ccc(OCC3CO3)cc2)cc1. The lowest BCUT2D eigenvalue weighted by Crippen LogP contribution is -2.15. The van der Waals surface area contributed by atoms with Crippen LogP contribution in [0.2, 0.25) is 0 Å². The van der Waals surface area contributed by atoms with Crippen LogP contribution in [0.15, 0.2) is 97.1 Å². The van der Waals surface area contributed by atoms with E-state index in [2.05, 4.69) is 84.9 Å². The molecule has 0 aliphatic carbocycles. The Bertz CT molecular complexity index is 1470. The summed E-state index contributed by atoms with van der Waals surface area (Å²) in [5.74, 6) is 3.28. The molecule has 4 atom stereocenters. The van der Waals surface area contributed by atoms with Crippen molar-refractivity contribution in [2.45, 2.75) is 37.1 Å². The predicted octanol–water partition coefficient (Wildman–Crippen LogP) is 6.40. The Hall–Kier alpha value is -4.08. The quantitative estimate of drug-likeness (QED) is 0.0863. The maximum absolute atomic E-state index is 5.99. The molecule has 246 valence electrons. The van der Waals surface area contributed by atoms with Crippen molar-refractivity contribution in [2.75, 3.05) is 59.5 Å². The van der Waals surface area contributed by atoms with Gasteiger partial charge in [0.05, 0.1) is 26.4 Å². The zero-order valence-corrected chi connectivity index (χ0v) is 26.8. The van der Waals surface area contributed by atoms with Gasteiger partial charge in [-0.3, -0.25) is 0 Å². The summed E-state index contributed by atoms with van der Waals surface area (Å²) in [4.78, 5) is 0. The molecule has 0 N–H and O–H groups in total. The average Bonchev–Trinajstić information content (AvgIpc) is 3.97. The summed E-state index contributed by atoms with van der Waals surface area (Å²) in [5.41, 5.74) is 4.69. The third-order valence-electron chi connectivity index (χ3n) is 8.51. The molecule has 4 unspecified atom stereocenters. The van der Waals surface area contributed by atoms with Crippen molar-refractivity contribution in [3.05, 3.63) is 119 Å². The molecule has 0 spiro atoms. The van der Waals surface area contributed by atoms with E-state index >= 15 is 0 Å². The molecule has 3 fully saturated rings. The lowest BCUT2D eigenvalue weighted by molar-refractivity contribution is 0.110. The van der Waals surface area contributed by atoms with Gasteiger partial charge in [-0.15, -0.1) is 0 Å². The molecule has 0 saturated carbocycles. The summed E-state index contributed by atoms with van der Waals surface area (Å²) < 4.78 is 45.4. The van der Waals surface area contributed by atoms with E-state index in [9.17, 15) is 0 Å². The maximum Gasteiger partial charge on any atom is 0.119 e. The van der Waals surface area contributed by atoms with Crippen LogP contribution in [0.4, 0.5) is 0 Å². The first kappa shape index (κ1) is 31.5. The number of epoxide rings is 3. The second kappa shape index (κ2) is 15.2. The van der Waals surface area contributed by atoms with Gasteiger partial charge >= 0.3 is 0 Å². The largest absolute Gasteiger partial charge is 0.491 e. The van der Waals surface area contributed by atoms with E-state index in [-0.39, 0.29) is 30.1 Å². The van der Waals surface area contributed by atoms with Gasteiger partial charge in [0.25, 0.3) is 0 Å². The molecule has 8 heteroatoms. The first-order valence-electron chi connectivity index (χ1n) is 16.6. The van der Waals surface area contributed by atoms with Crippen molar-refractivity contribution in [3.8, 4) is 23.0 Å². The van der Waals surface area contributed by atoms with Gasteiger partial charge in [0, 0.05) is 18.4 Å². The van der Waals surface area contributed by atoms with E-state index in [1.807, 2.05) is 19.1 Å². The minimum atomic E-state index is -0.0217. The highest BCUT2D eigenvalue weighted by molar-refractivity contribution is 5.48. The minimum Gasteiger partial charge on any atom is -0.491 e. The van der Waals surface area contributed by atoms with Crippen LogP contribution in [-0.4, -0.2) is 77.8 Å². The van der Waals surface area contributed by atoms with E-state index < -0.39 is 0 Å². The Morgan fingerprint density at radius 2 is 0.766 bits per heavy atom. The molecule has 4 aromatic rings. The Kier molecular flexibility index (Phi) is 10.2. The van der Waals surface area contributed by atoms with Crippen molar-refractivity contribution in [2.24, 2.45) is 0 Å². The van der Waals surface area contributed by atoms with Crippen molar-refractivity contribution in [1.82, 2.24) is 0 Å². The van der Waals surface area contributed by atoms with Crippen LogP contribution < -0.4 is 18.9 Å². The molecule has 3 saturated heterocycles. The third kappa shape index (κ3) is 9.05. The van der Waals surface area contributed by atoms with Gasteiger partial charge in [-0.05, 0) is 77.7 Å². The molecule has 0 aromatic heterocycles. The zero-order chi connectivity index (χ0) is 31.8. The van der Waals surface area contributed by atoms with Gasteiger partial charge in [0.1, 0.15) is 67.7 Å². The lowest BCUT2D eigenvalue weighted by atomic mass is 9.73. The van der Waals surface area contributed by atoms with Crippen LogP contribution in [0.25, 0.3) is 0 Å². The van der Waals surface area contributed by atoms with Crippen molar-refractivity contribution < 1.29 is 37.9 Å². The summed E-state index contributed by atoms with van der Waals surface area (Å²) in [6.07, 6.45) is 0.608. The van der Waals surface area contributed by atoms with E-state index in [1.54, 1.807) is 0 Å². The van der Waals surface area contributed by atoms with Crippen molar-refractivity contribution in [3.63, 3.8) is 0 Å². The topological polar surface area (TPSA) is 83.7 Å². The molecule has 7 rings (SSSR count). The van der Waals surface area contributed by atoms with Crippen LogP contribution in [-0.2, 0) is 18.9 Å². The van der Waals surface area contributed by atoms with Gasteiger partial charge in [-0.25, -0.2) is 0 Å². The fraction of sp³-hybridized carbons (Fsp3) is 0.385. The van der Waals surface area contributed by atoms with Crippen molar-refractivity contribution >= 4 is 0 Å². The standard InChI is InChI=1S/C39H42O8/c1-2-40-19-20-41-31-11-3-27(4-12-31)38(28-5-13-32(14-6-28)42-21-35-24-45-35)39(29-7-15-33(16-8-29)43-22-36-25-46-36)30-9-17-34(18-10-30)44-23-37-26-47-37/h3-18,35-39H,2,19-26H2,1H3. The maximum atomic E-state index is 5.99. The van der Waals surface area contributed by atoms with Crippen LogP contribution in [0, 0.1) is 0 Å². The first-order chi connectivity index (χ1) is 23.2. The van der Waals surface area contributed by atoms with Gasteiger partial charge in [-0.1, -0.05) is 48.5 Å². The molecule has 0 amide bonds. The summed E-state index contributed by atoms with van der Waals surface area (Å²) in [5, 5.41) is 0. The molecule has 4 aromatic carbocycles. The molecule has 0 radical (unpaired) electrons. The molecular weight excluding hydrogens is 596 g/mol. The molecule has 8 nitrogen and oxygen atoms in total. The number of hydrogen-bond donors (Lipinski definition) is 0. The Balaban J connectivity index is 1.21. The highest BCUT2D eigenvalue weighted by atomic mass is 16.6. The minimum absolute atomic E-state index is 0.0204. The predicted molar refractivity (Wildman–Crippen MR) is 177 cm³/mol. The number of benzene rings is 4. The monoisotopic (exact) mass is 638 g/mol. The van der Waals surface area contributed by atoms with Crippen LogP contribution >= 0.6 is 0 Å². The normalized spacial score (nSPS) is 20.6. The van der Waals surface area contributed by atoms with Crippen LogP contribution in [0.3, 0.4) is 0 Å². The molecule has 3 aliphatic rings. The number of hydrogen-bond acceptors (Lipinski definition) is 8. The Morgan fingerprint density at radius 1 is 0.468 bits per heavy atom. The molecular formula is C39H42O8. The fourth-order valence-corrected chi connectivity index (χ4v) is 5.66. The fourth-order valence-electron chi connectivity index (χ4n) is 5.66. The van der Waals surface area contributed by atoms with E-state index in [0.717, 1.165) is 42.8 Å². The van der Waals surface area contributed by atoms with E-state index in [0.29, 0.717) is 39.6 Å². The third-order valence-corrected chi connectivity index (χ3v) is 8.51. The van der Waals surface area contributed by atoms with Crippen LogP contribution in [0.5, 0.6) is 23.0 Å². The second-order valence-corrected chi connectivity index (χ2v) is 12.1. The smallest absolute Gasteiger partial charge is 0.119 e. The lowest BCUT2D eigenvalue weighted by Gasteiger charge is -2.30. The number of rotatable bonds is 19. The van der Waals surface area contributed by atoms with E-state index in [1.165, 1.54) is 22.3 Å². The first-order valence-corrected chi connectivity index (χ1v) is 16.6. The summed E-state index contributed by atoms with van der Waals surface area (Å²) in [6.45, 7) is 7.74. The summed E-state index contributed by atoms with van der Waals surface area (Å²) in [7, 11) is 0. The zero-order valence-electron chi connectivity index (χ0n) is 26.8. The average molecular weight is 639 g/mol. The van der Waals surface area contributed by atoms with Gasteiger partial charge in [-0.2, -0.15) is 0 Å². The highest BCUT2D eigenvalue weighted by Crippen LogP contribution is 2.44. The molecule has 3 heterocycles. The van der Waals surface area contributed by atoms with E-state index in [4.69, 9.17) is 37.9 Å². The molecule has 0 bridgehead atoms. The summed E-state index contributed by atoms with van der Waals surface area (Å²) >= 11 is 0.